The number of hydrogen-bond donors (Lipinski definition) is 1. The third-order valence-electron chi connectivity index (χ3n) is 12.8. The van der Waals surface area contributed by atoms with Gasteiger partial charge in [0.25, 0.3) is 0 Å². The van der Waals surface area contributed by atoms with Gasteiger partial charge in [-0.05, 0) is 65.5 Å². The van der Waals surface area contributed by atoms with Crippen molar-refractivity contribution in [2.75, 3.05) is 34.4 Å². The van der Waals surface area contributed by atoms with Crippen molar-refractivity contribution in [1.29, 1.82) is 0 Å². The number of carbonyl (C=O) groups is 1. The average Bonchev–Trinajstić information content (AvgIpc) is 3.49. The van der Waals surface area contributed by atoms with Crippen molar-refractivity contribution < 1.29 is 47.8 Å². The largest absolute Gasteiger partial charge is 0.497 e. The summed E-state index contributed by atoms with van der Waals surface area (Å²) in [5, 5.41) is 12.6. The van der Waals surface area contributed by atoms with Gasteiger partial charge in [0.2, 0.25) is 0 Å². The van der Waals surface area contributed by atoms with Crippen LogP contribution in [0.1, 0.15) is 56.7 Å². The summed E-state index contributed by atoms with van der Waals surface area (Å²) in [6.07, 6.45) is -0.652. The van der Waals surface area contributed by atoms with Crippen LogP contribution in [0.2, 0.25) is 25.7 Å². The minimum atomic E-state index is -1.61. The number of rotatable bonds is 23. The fourth-order valence-electron chi connectivity index (χ4n) is 8.94. The van der Waals surface area contributed by atoms with Crippen molar-refractivity contribution in [1.82, 2.24) is 0 Å². The van der Waals surface area contributed by atoms with Crippen LogP contribution in [0, 0.1) is 23.2 Å². The third-order valence-corrected chi connectivity index (χ3v) is 14.5. The lowest BCUT2D eigenvalue weighted by Gasteiger charge is -2.44. The molecule has 3 aromatic carbocycles. The maximum Gasteiger partial charge on any atom is 0.165 e. The zero-order valence-electron chi connectivity index (χ0n) is 37.2. The van der Waals surface area contributed by atoms with Crippen LogP contribution in [0.4, 0.5) is 0 Å². The third kappa shape index (κ3) is 12.2. The Balaban J connectivity index is 1.62. The fraction of sp³-hybridized carbons (Fsp3) is 0.571. The number of ketones is 1. The molecule has 0 aromatic heterocycles. The highest BCUT2D eigenvalue weighted by molar-refractivity contribution is 6.76. The van der Waals surface area contributed by atoms with Gasteiger partial charge in [0, 0.05) is 33.6 Å². The van der Waals surface area contributed by atoms with Crippen LogP contribution in [0.5, 0.6) is 5.75 Å². The van der Waals surface area contributed by atoms with Crippen LogP contribution < -0.4 is 4.74 Å². The highest BCUT2D eigenvalue weighted by Crippen LogP contribution is 2.56. The van der Waals surface area contributed by atoms with Crippen LogP contribution in [0.25, 0.3) is 0 Å². The van der Waals surface area contributed by atoms with E-state index in [9.17, 15) is 9.90 Å². The van der Waals surface area contributed by atoms with E-state index in [1.165, 1.54) is 0 Å². The molecule has 1 N–H and O–H groups in total. The summed E-state index contributed by atoms with van der Waals surface area (Å²) in [4.78, 5) is 14.9. The van der Waals surface area contributed by atoms with Crippen LogP contribution in [0.3, 0.4) is 0 Å². The average molecular weight is 847 g/mol. The summed E-state index contributed by atoms with van der Waals surface area (Å²) in [7, 11) is 1.88. The van der Waals surface area contributed by atoms with Crippen LogP contribution >= 0.6 is 0 Å². The molecule has 0 spiro atoms. The van der Waals surface area contributed by atoms with E-state index in [0.29, 0.717) is 26.1 Å². The standard InChI is InChI=1S/C49H70O10Si/c1-10-42(55-30-36-17-13-11-14-18-36)47(57-32-38-21-23-39(53-6)24-22-38)45(56-31-37-19-15-12-16-20-37)40-29-43(50)49(51)26-25-41(48(49,3)4)46(58-33-52-5)44(35(40)2)59-34-54-27-28-60(7,8)9/h10-24,35,40-42,44-47,51H,1,25-34H2,2-9H3/t35-,40+,41+,42+,44+,45+,46-,47+,49+/m1/s1. The molecule has 2 saturated carbocycles. The quantitative estimate of drug-likeness (QED) is 0.0430. The molecule has 330 valence electrons. The summed E-state index contributed by atoms with van der Waals surface area (Å²) in [6.45, 7) is 18.7. The van der Waals surface area contributed by atoms with Crippen LogP contribution in [0.15, 0.2) is 97.6 Å². The first-order valence-corrected chi connectivity index (χ1v) is 25.2. The molecule has 2 aliphatic carbocycles. The first-order valence-electron chi connectivity index (χ1n) is 21.5. The van der Waals surface area contributed by atoms with Crippen LogP contribution in [-0.4, -0.2) is 89.5 Å². The molecule has 2 aliphatic rings. The number of fused-ring (bicyclic) bond motifs is 2. The number of benzene rings is 3. The second-order valence-corrected chi connectivity index (χ2v) is 23.9. The molecule has 5 rings (SSSR count). The minimum Gasteiger partial charge on any atom is -0.497 e. The molecule has 0 saturated heterocycles. The Bertz CT molecular complexity index is 1730. The highest BCUT2D eigenvalue weighted by Gasteiger charge is 2.63. The van der Waals surface area contributed by atoms with Crippen molar-refractivity contribution in [3.8, 4) is 5.75 Å². The molecule has 0 radical (unpaired) electrons. The summed E-state index contributed by atoms with van der Waals surface area (Å²) in [5.41, 5.74) is 0.419. The molecular formula is C49H70O10Si. The summed E-state index contributed by atoms with van der Waals surface area (Å²) in [6, 6.07) is 28.6. The normalized spacial score (nSPS) is 25.8. The first kappa shape index (κ1) is 47.8. The van der Waals surface area contributed by atoms with Crippen molar-refractivity contribution in [2.45, 2.75) is 122 Å². The van der Waals surface area contributed by atoms with Gasteiger partial charge in [0.05, 0.1) is 45.2 Å². The Hall–Kier alpha value is -3.23. The SMILES string of the molecule is C=C[C@H](OCc1ccccc1)[C@H](OCc1ccc(OC)cc1)[C@@H](OCc1ccccc1)[C@H]1CC(=O)[C@@]2(O)CC[C@@H]([C@@H](OCOC)[C@@H](OCOCC[Si](C)(C)C)[C@@H]1C)C2(C)C. The van der Waals surface area contributed by atoms with Gasteiger partial charge >= 0.3 is 0 Å². The van der Waals surface area contributed by atoms with E-state index in [4.69, 9.17) is 37.9 Å². The number of Topliss-reactive ketones (excluding diaryl/α,β-unsaturated/α-hetero) is 1. The van der Waals surface area contributed by atoms with E-state index in [0.717, 1.165) is 28.5 Å². The summed E-state index contributed by atoms with van der Waals surface area (Å²) in [5.74, 6) is -0.640. The molecule has 3 aromatic rings. The predicted molar refractivity (Wildman–Crippen MR) is 236 cm³/mol. The van der Waals surface area contributed by atoms with E-state index >= 15 is 0 Å². The van der Waals surface area contributed by atoms with Crippen molar-refractivity contribution in [3.05, 3.63) is 114 Å². The van der Waals surface area contributed by atoms with Crippen molar-refractivity contribution >= 4 is 13.9 Å². The van der Waals surface area contributed by atoms with E-state index in [2.05, 4.69) is 33.1 Å². The molecular weight excluding hydrogens is 777 g/mol. The molecule has 0 aliphatic heterocycles. The van der Waals surface area contributed by atoms with Gasteiger partial charge in [0.15, 0.2) is 5.78 Å². The van der Waals surface area contributed by atoms with Gasteiger partial charge in [-0.3, -0.25) is 4.79 Å². The molecule has 2 fully saturated rings. The number of aliphatic hydroxyl groups is 1. The number of hydrogen-bond acceptors (Lipinski definition) is 10. The van der Waals surface area contributed by atoms with Gasteiger partial charge in [-0.15, -0.1) is 6.58 Å². The molecule has 9 atom stereocenters. The number of methoxy groups -OCH3 is 2. The molecule has 60 heavy (non-hydrogen) atoms. The topological polar surface area (TPSA) is 111 Å². The Morgan fingerprint density at radius 2 is 1.40 bits per heavy atom. The monoisotopic (exact) mass is 846 g/mol. The maximum absolute atomic E-state index is 14.9. The van der Waals surface area contributed by atoms with E-state index in [1.54, 1.807) is 20.3 Å². The zero-order chi connectivity index (χ0) is 43.3. The highest BCUT2D eigenvalue weighted by atomic mass is 28.3. The molecule has 0 amide bonds. The summed E-state index contributed by atoms with van der Waals surface area (Å²) < 4.78 is 51.4. The van der Waals surface area contributed by atoms with Crippen LogP contribution in [-0.2, 0) is 57.8 Å². The van der Waals surface area contributed by atoms with E-state index in [1.807, 2.05) is 98.8 Å². The lowest BCUT2D eigenvalue weighted by Crippen LogP contribution is -2.53. The second kappa shape index (κ2) is 22.2. The molecule has 2 bridgehead atoms. The smallest absolute Gasteiger partial charge is 0.165 e. The van der Waals surface area contributed by atoms with Gasteiger partial charge in [0.1, 0.15) is 37.1 Å². The van der Waals surface area contributed by atoms with Gasteiger partial charge < -0.3 is 43.0 Å². The van der Waals surface area contributed by atoms with Crippen molar-refractivity contribution in [2.24, 2.45) is 23.2 Å². The Labute approximate surface area is 359 Å². The lowest BCUT2D eigenvalue weighted by atomic mass is 9.68. The minimum absolute atomic E-state index is 0.00551. The van der Waals surface area contributed by atoms with Gasteiger partial charge in [-0.1, -0.05) is 119 Å². The van der Waals surface area contributed by atoms with Gasteiger partial charge in [-0.2, -0.15) is 0 Å². The molecule has 11 heteroatoms. The zero-order valence-corrected chi connectivity index (χ0v) is 38.2. The predicted octanol–water partition coefficient (Wildman–Crippen LogP) is 9.02. The Morgan fingerprint density at radius 1 is 0.817 bits per heavy atom. The molecule has 0 unspecified atom stereocenters. The van der Waals surface area contributed by atoms with Crippen molar-refractivity contribution in [3.63, 3.8) is 0 Å². The first-order chi connectivity index (χ1) is 28.7. The molecule has 0 heterocycles. The Kier molecular flexibility index (Phi) is 17.7. The number of ether oxygens (including phenoxy) is 8. The van der Waals surface area contributed by atoms with Gasteiger partial charge in [-0.25, -0.2) is 0 Å². The molecule has 10 nitrogen and oxygen atoms in total. The van der Waals surface area contributed by atoms with E-state index < -0.39 is 55.5 Å². The van der Waals surface area contributed by atoms with E-state index in [-0.39, 0.29) is 50.8 Å². The maximum atomic E-state index is 14.9. The summed E-state index contributed by atoms with van der Waals surface area (Å²) >= 11 is 0. The fourth-order valence-corrected chi connectivity index (χ4v) is 9.69. The lowest BCUT2D eigenvalue weighted by molar-refractivity contribution is -0.215. The Morgan fingerprint density at radius 3 is 1.98 bits per heavy atom. The number of carbonyl (C=O) groups excluding carboxylic acids is 1. The second-order valence-electron chi connectivity index (χ2n) is 18.3.